The second kappa shape index (κ2) is 15.9. The normalized spacial score (nSPS) is 38.6. The van der Waals surface area contributed by atoms with E-state index in [9.17, 15) is 19.5 Å². The van der Waals surface area contributed by atoms with Crippen LogP contribution in [0.25, 0.3) is 0 Å². The minimum Gasteiger partial charge on any atom is -0.457 e. The van der Waals surface area contributed by atoms with E-state index in [0.717, 1.165) is 64.8 Å². The first kappa shape index (κ1) is 44.8. The number of esters is 1. The number of ether oxygens (including phenoxy) is 5. The van der Waals surface area contributed by atoms with Crippen molar-refractivity contribution in [3.8, 4) is 0 Å². The molecule has 13 unspecified atom stereocenters. The molecule has 1 spiro atoms. The molecule has 3 heterocycles. The van der Waals surface area contributed by atoms with Crippen molar-refractivity contribution in [2.75, 3.05) is 39.3 Å². The summed E-state index contributed by atoms with van der Waals surface area (Å²) in [7, 11) is 0. The zero-order valence-electron chi connectivity index (χ0n) is 37.7. The van der Waals surface area contributed by atoms with Crippen molar-refractivity contribution in [2.24, 2.45) is 57.2 Å². The number of morpholine rings is 1. The molecule has 1 N–H and O–H groups in total. The molecule has 11 heteroatoms. The summed E-state index contributed by atoms with van der Waals surface area (Å²) in [6.07, 6.45) is 6.49. The van der Waals surface area contributed by atoms with Gasteiger partial charge in [-0.05, 0) is 132 Å². The van der Waals surface area contributed by atoms with Crippen molar-refractivity contribution in [3.63, 3.8) is 0 Å². The Morgan fingerprint density at radius 2 is 1.70 bits per heavy atom. The third kappa shape index (κ3) is 8.45. The molecule has 6 rings (SSSR count). The molecule has 3 saturated heterocycles. The average molecular weight is 803 g/mol. The number of amides is 1. The highest BCUT2D eigenvalue weighted by atomic mass is 16.7. The minimum absolute atomic E-state index is 0.0225. The molecule has 57 heavy (non-hydrogen) atoms. The Morgan fingerprint density at radius 1 is 1.02 bits per heavy atom. The van der Waals surface area contributed by atoms with E-state index in [1.54, 1.807) is 18.7 Å². The number of nitrogens with zero attached hydrogens (tertiary/aromatic N) is 2. The molecule has 0 bridgehead atoms. The van der Waals surface area contributed by atoms with Crippen LogP contribution in [0.5, 0.6) is 0 Å². The molecule has 0 radical (unpaired) electrons. The summed E-state index contributed by atoms with van der Waals surface area (Å²) in [6, 6.07) is 0. The lowest BCUT2D eigenvalue weighted by Crippen LogP contribution is -2.60. The highest BCUT2D eigenvalue weighted by molar-refractivity contribution is 5.69. The van der Waals surface area contributed by atoms with Gasteiger partial charge in [0.2, 0.25) is 0 Å². The van der Waals surface area contributed by atoms with Crippen LogP contribution in [0.1, 0.15) is 135 Å². The van der Waals surface area contributed by atoms with Crippen LogP contribution in [0, 0.1) is 57.2 Å². The summed E-state index contributed by atoms with van der Waals surface area (Å²) in [5.41, 5.74) is -2.38. The maximum atomic E-state index is 13.8. The first-order valence-electron chi connectivity index (χ1n) is 22.4. The Morgan fingerprint density at radius 3 is 2.28 bits per heavy atom. The van der Waals surface area contributed by atoms with Crippen LogP contribution in [0.4, 0.5) is 4.79 Å². The van der Waals surface area contributed by atoms with Gasteiger partial charge in [-0.25, -0.2) is 4.79 Å². The number of rotatable bonds is 12. The third-order valence-corrected chi connectivity index (χ3v) is 16.4. The second-order valence-electron chi connectivity index (χ2n) is 22.0. The molecule has 11 nitrogen and oxygen atoms in total. The second-order valence-corrected chi connectivity index (χ2v) is 22.0. The molecule has 6 fully saturated rings. The number of carbonyl (C=O) groups is 3. The highest BCUT2D eigenvalue weighted by Gasteiger charge is 2.73. The van der Waals surface area contributed by atoms with Crippen molar-refractivity contribution in [2.45, 2.75) is 177 Å². The number of carbonyl (C=O) groups excluding carboxylic acids is 3. The fourth-order valence-electron chi connectivity index (χ4n) is 13.5. The van der Waals surface area contributed by atoms with Crippen molar-refractivity contribution < 1.29 is 43.2 Å². The molecular formula is C46H78N2O9. The fourth-order valence-corrected chi connectivity index (χ4v) is 13.5. The van der Waals surface area contributed by atoms with Crippen LogP contribution in [0.2, 0.25) is 0 Å². The zero-order chi connectivity index (χ0) is 42.1. The molecule has 326 valence electrons. The van der Waals surface area contributed by atoms with Gasteiger partial charge in [-0.15, -0.1) is 0 Å². The molecule has 0 aromatic heterocycles. The van der Waals surface area contributed by atoms with Gasteiger partial charge in [0.05, 0.1) is 30.5 Å². The van der Waals surface area contributed by atoms with E-state index >= 15 is 0 Å². The number of aliphatic hydroxyl groups is 1. The van der Waals surface area contributed by atoms with Crippen molar-refractivity contribution in [1.29, 1.82) is 0 Å². The third-order valence-electron chi connectivity index (χ3n) is 16.4. The van der Waals surface area contributed by atoms with Gasteiger partial charge in [-0.3, -0.25) is 9.69 Å². The van der Waals surface area contributed by atoms with Gasteiger partial charge in [0.15, 0.2) is 12.4 Å². The van der Waals surface area contributed by atoms with Crippen LogP contribution >= 0.6 is 0 Å². The summed E-state index contributed by atoms with van der Waals surface area (Å²) in [5.74, 6) is 1.64. The maximum Gasteiger partial charge on any atom is 0.410 e. The first-order chi connectivity index (χ1) is 26.4. The van der Waals surface area contributed by atoms with E-state index in [0.29, 0.717) is 36.7 Å². The summed E-state index contributed by atoms with van der Waals surface area (Å²) in [5, 5.41) is 11.0. The van der Waals surface area contributed by atoms with Gasteiger partial charge < -0.3 is 38.5 Å². The summed E-state index contributed by atoms with van der Waals surface area (Å²) < 4.78 is 31.1. The molecule has 3 aliphatic carbocycles. The molecule has 3 saturated carbocycles. The Balaban J connectivity index is 1.09. The molecule has 3 aliphatic heterocycles. The fraction of sp³-hybridized carbons (Fsp3) is 0.935. The predicted octanol–water partition coefficient (Wildman–Crippen LogP) is 7.50. The predicted molar refractivity (Wildman–Crippen MR) is 218 cm³/mol. The van der Waals surface area contributed by atoms with Crippen molar-refractivity contribution in [3.05, 3.63) is 0 Å². The van der Waals surface area contributed by atoms with E-state index < -0.39 is 34.8 Å². The lowest BCUT2D eigenvalue weighted by atomic mass is 9.46. The van der Waals surface area contributed by atoms with E-state index in [1.165, 1.54) is 19.6 Å². The van der Waals surface area contributed by atoms with Crippen LogP contribution in [-0.4, -0.2) is 114 Å². The van der Waals surface area contributed by atoms with E-state index in [4.69, 9.17) is 23.7 Å². The maximum absolute atomic E-state index is 13.8. The Bertz CT molecular complexity index is 1460. The quantitative estimate of drug-likeness (QED) is 0.157. The standard InChI is InChI=1S/C46H78N2O9/c1-14-44(12,38-28(2)21-34(54-29(38)3)39(43(10,11)52)55-30(4)50)45(13,27-49)32-15-16-35-42(8,9)36(17-18-46(35)22-33(32)46)56-37-26-47(19-20-53-37)23-31-24-48(25-31)40(51)57-41(5,6)7/h27-29,31-39,52H,14-26H2,1-13H3. The number of hydrogen-bond donors (Lipinski definition) is 1. The van der Waals surface area contributed by atoms with Gasteiger partial charge in [0, 0.05) is 51.0 Å². The van der Waals surface area contributed by atoms with Crippen molar-refractivity contribution in [1.82, 2.24) is 9.80 Å². The molecule has 13 atom stereocenters. The average Bonchev–Trinajstić information content (AvgIpc) is 3.82. The summed E-state index contributed by atoms with van der Waals surface area (Å²) in [6.45, 7) is 31.1. The molecule has 0 aromatic rings. The molecular weight excluding hydrogens is 725 g/mol. The largest absolute Gasteiger partial charge is 0.457 e. The smallest absolute Gasteiger partial charge is 0.410 e. The minimum atomic E-state index is -1.25. The summed E-state index contributed by atoms with van der Waals surface area (Å²) in [4.78, 5) is 42.5. The number of likely N-dealkylation sites (tertiary alicyclic amines) is 1. The van der Waals surface area contributed by atoms with Crippen LogP contribution in [-0.2, 0) is 33.3 Å². The van der Waals surface area contributed by atoms with Crippen LogP contribution in [0.3, 0.4) is 0 Å². The van der Waals surface area contributed by atoms with Gasteiger partial charge in [0.1, 0.15) is 11.9 Å². The van der Waals surface area contributed by atoms with Gasteiger partial charge in [-0.2, -0.15) is 0 Å². The van der Waals surface area contributed by atoms with E-state index in [-0.39, 0.29) is 52.7 Å². The topological polar surface area (TPSA) is 124 Å². The van der Waals surface area contributed by atoms with E-state index in [1.807, 2.05) is 20.8 Å². The SMILES string of the molecule is CCC(C)(C1C(C)CC(C(OC(C)=O)C(C)(C)O)OC1C)C(C)(C=O)C1CCC2C(C)(C)C(OC3CN(CC4CN(C(=O)OC(C)(C)C)C4)CCO3)CCC23CC13. The molecule has 1 amide bonds. The number of hydrogen-bond acceptors (Lipinski definition) is 10. The van der Waals surface area contributed by atoms with E-state index in [2.05, 4.69) is 53.4 Å². The molecule has 6 aliphatic rings. The van der Waals surface area contributed by atoms with Crippen molar-refractivity contribution >= 4 is 18.3 Å². The van der Waals surface area contributed by atoms with Gasteiger partial charge in [0.25, 0.3) is 0 Å². The Labute approximate surface area is 343 Å². The zero-order valence-corrected chi connectivity index (χ0v) is 37.7. The lowest BCUT2D eigenvalue weighted by Gasteiger charge is -2.60. The monoisotopic (exact) mass is 803 g/mol. The number of aldehydes is 1. The summed E-state index contributed by atoms with van der Waals surface area (Å²) >= 11 is 0. The lowest BCUT2D eigenvalue weighted by molar-refractivity contribution is -0.244. The van der Waals surface area contributed by atoms with Gasteiger partial charge in [-0.1, -0.05) is 41.5 Å². The van der Waals surface area contributed by atoms with Gasteiger partial charge >= 0.3 is 12.1 Å². The van der Waals surface area contributed by atoms with Crippen LogP contribution < -0.4 is 0 Å². The first-order valence-corrected chi connectivity index (χ1v) is 22.4. The highest BCUT2D eigenvalue weighted by Crippen LogP contribution is 2.78. The Hall–Kier alpha value is -1.79. The Kier molecular flexibility index (Phi) is 12.5. The van der Waals surface area contributed by atoms with Crippen LogP contribution in [0.15, 0.2) is 0 Å². The molecule has 0 aromatic carbocycles.